The molecule has 0 aliphatic carbocycles. The fourth-order valence-corrected chi connectivity index (χ4v) is 1.94. The second-order valence-corrected chi connectivity index (χ2v) is 4.87. The van der Waals surface area contributed by atoms with E-state index in [1.165, 1.54) is 0 Å². The zero-order chi connectivity index (χ0) is 14.6. The molecule has 0 spiro atoms. The number of hydrogen-bond acceptors (Lipinski definition) is 4. The number of primary amides is 1. The lowest BCUT2D eigenvalue weighted by atomic mass is 9.98. The summed E-state index contributed by atoms with van der Waals surface area (Å²) in [4.78, 5) is 15.7. The second kappa shape index (κ2) is 5.88. The molecule has 0 aliphatic rings. The minimum atomic E-state index is -0.761. The average molecular weight is 273 g/mol. The van der Waals surface area contributed by atoms with Gasteiger partial charge in [0.25, 0.3) is 0 Å². The molecular formula is C15H19N3O2. The highest BCUT2D eigenvalue weighted by atomic mass is 16.5. The first-order chi connectivity index (χ1) is 9.57. The minimum absolute atomic E-state index is 0.386. The van der Waals surface area contributed by atoms with Crippen LogP contribution in [0.2, 0.25) is 0 Å². The van der Waals surface area contributed by atoms with Crippen molar-refractivity contribution in [2.45, 2.75) is 18.9 Å². The molecule has 0 fully saturated rings. The van der Waals surface area contributed by atoms with E-state index in [2.05, 4.69) is 10.3 Å². The highest BCUT2D eigenvalue weighted by Gasteiger charge is 2.28. The van der Waals surface area contributed by atoms with Crippen LogP contribution in [0, 0.1) is 0 Å². The van der Waals surface area contributed by atoms with Crippen molar-refractivity contribution in [1.82, 2.24) is 10.3 Å². The fourth-order valence-electron chi connectivity index (χ4n) is 1.94. The summed E-state index contributed by atoms with van der Waals surface area (Å²) in [6.45, 7) is 2.16. The molecule has 106 valence electrons. The number of benzene rings is 1. The monoisotopic (exact) mass is 273 g/mol. The molecule has 1 heterocycles. The van der Waals surface area contributed by atoms with Crippen molar-refractivity contribution in [2.75, 3.05) is 13.7 Å². The van der Waals surface area contributed by atoms with Gasteiger partial charge < -0.3 is 15.8 Å². The van der Waals surface area contributed by atoms with Crippen molar-refractivity contribution in [3.8, 4) is 5.75 Å². The minimum Gasteiger partial charge on any atom is -0.493 e. The summed E-state index contributed by atoms with van der Waals surface area (Å²) < 4.78 is 5.78. The predicted molar refractivity (Wildman–Crippen MR) is 78.5 cm³/mol. The van der Waals surface area contributed by atoms with Gasteiger partial charge in [-0.25, -0.2) is 0 Å². The van der Waals surface area contributed by atoms with Crippen molar-refractivity contribution in [3.63, 3.8) is 0 Å². The first kappa shape index (κ1) is 14.3. The van der Waals surface area contributed by atoms with E-state index in [0.29, 0.717) is 13.0 Å². The molecule has 1 atom stereocenters. The van der Waals surface area contributed by atoms with Gasteiger partial charge in [0.2, 0.25) is 5.91 Å². The Morgan fingerprint density at radius 1 is 1.40 bits per heavy atom. The first-order valence-electron chi connectivity index (χ1n) is 6.52. The van der Waals surface area contributed by atoms with Gasteiger partial charge in [-0.05, 0) is 38.2 Å². The van der Waals surface area contributed by atoms with Crippen LogP contribution in [0.5, 0.6) is 5.75 Å². The summed E-state index contributed by atoms with van der Waals surface area (Å²) >= 11 is 0. The lowest BCUT2D eigenvalue weighted by molar-refractivity contribution is -0.124. The Morgan fingerprint density at radius 2 is 2.20 bits per heavy atom. The number of pyridine rings is 1. The number of nitrogens with two attached hydrogens (primary N) is 1. The van der Waals surface area contributed by atoms with Gasteiger partial charge in [0.1, 0.15) is 5.75 Å². The summed E-state index contributed by atoms with van der Waals surface area (Å²) in [5.41, 5.74) is 5.51. The van der Waals surface area contributed by atoms with Crippen molar-refractivity contribution in [3.05, 3.63) is 36.5 Å². The molecule has 5 heteroatoms. The molecule has 0 radical (unpaired) electrons. The molecule has 5 nitrogen and oxygen atoms in total. The van der Waals surface area contributed by atoms with Gasteiger partial charge in [0, 0.05) is 18.0 Å². The summed E-state index contributed by atoms with van der Waals surface area (Å²) in [7, 11) is 1.71. The van der Waals surface area contributed by atoms with Crippen LogP contribution in [-0.4, -0.2) is 30.1 Å². The number of carbonyl (C=O) groups is 1. The predicted octanol–water partition coefficient (Wildman–Crippen LogP) is 1.47. The third-order valence-corrected chi connectivity index (χ3v) is 3.56. The number of aromatic nitrogens is 1. The van der Waals surface area contributed by atoms with Gasteiger partial charge >= 0.3 is 0 Å². The largest absolute Gasteiger partial charge is 0.493 e. The number of hydrogen-bond donors (Lipinski definition) is 2. The Morgan fingerprint density at radius 3 is 2.90 bits per heavy atom. The Bertz CT molecular complexity index is 610. The molecule has 1 aromatic heterocycles. The van der Waals surface area contributed by atoms with E-state index < -0.39 is 5.54 Å². The van der Waals surface area contributed by atoms with E-state index in [1.54, 1.807) is 20.2 Å². The molecular weight excluding hydrogens is 254 g/mol. The molecule has 2 aromatic rings. The van der Waals surface area contributed by atoms with Crippen molar-refractivity contribution in [2.24, 2.45) is 5.73 Å². The highest BCUT2D eigenvalue weighted by Crippen LogP contribution is 2.24. The third kappa shape index (κ3) is 2.88. The molecule has 1 amide bonds. The molecule has 3 N–H and O–H groups in total. The molecule has 1 aromatic carbocycles. The third-order valence-electron chi connectivity index (χ3n) is 3.56. The average Bonchev–Trinajstić information content (AvgIpc) is 2.47. The Balaban J connectivity index is 2.09. The van der Waals surface area contributed by atoms with Crippen LogP contribution >= 0.6 is 0 Å². The molecule has 2 rings (SSSR count). The lowest BCUT2D eigenvalue weighted by Gasteiger charge is -2.25. The van der Waals surface area contributed by atoms with Crippen LogP contribution in [0.1, 0.15) is 13.3 Å². The van der Waals surface area contributed by atoms with E-state index in [-0.39, 0.29) is 5.91 Å². The van der Waals surface area contributed by atoms with E-state index in [1.807, 2.05) is 30.3 Å². The van der Waals surface area contributed by atoms with Crippen molar-refractivity contribution < 1.29 is 9.53 Å². The number of nitrogens with one attached hydrogen (secondary N) is 1. The van der Waals surface area contributed by atoms with Crippen molar-refractivity contribution >= 4 is 16.8 Å². The van der Waals surface area contributed by atoms with Gasteiger partial charge in [0.05, 0.1) is 17.7 Å². The van der Waals surface area contributed by atoms with Crippen LogP contribution in [0.25, 0.3) is 10.9 Å². The summed E-state index contributed by atoms with van der Waals surface area (Å²) in [6.07, 6.45) is 2.24. The van der Waals surface area contributed by atoms with E-state index in [4.69, 9.17) is 10.5 Å². The number of likely N-dealkylation sites (N-methyl/N-ethyl adjacent to an activating group) is 1. The standard InChI is InChI=1S/C15H19N3O2/c1-15(17-2,14(16)19)8-10-20-13-7-3-6-12-11(13)5-4-9-18-12/h3-7,9,17H,8,10H2,1-2H3,(H2,16,19). The zero-order valence-electron chi connectivity index (χ0n) is 11.7. The Labute approximate surface area is 118 Å². The maximum Gasteiger partial charge on any atom is 0.237 e. The van der Waals surface area contributed by atoms with Gasteiger partial charge in [-0.2, -0.15) is 0 Å². The van der Waals surface area contributed by atoms with Gasteiger partial charge in [-0.3, -0.25) is 9.78 Å². The van der Waals surface area contributed by atoms with Crippen LogP contribution in [-0.2, 0) is 4.79 Å². The van der Waals surface area contributed by atoms with Gasteiger partial charge in [0.15, 0.2) is 0 Å². The highest BCUT2D eigenvalue weighted by molar-refractivity contribution is 5.85. The summed E-state index contributed by atoms with van der Waals surface area (Å²) in [6, 6.07) is 9.56. The molecule has 0 aliphatic heterocycles. The van der Waals surface area contributed by atoms with Crippen LogP contribution in [0.3, 0.4) is 0 Å². The summed E-state index contributed by atoms with van der Waals surface area (Å²) in [5, 5.41) is 3.89. The maximum absolute atomic E-state index is 11.4. The molecule has 0 bridgehead atoms. The maximum atomic E-state index is 11.4. The molecule has 1 unspecified atom stereocenters. The number of nitrogens with zero attached hydrogens (tertiary/aromatic N) is 1. The number of amides is 1. The normalized spacial score (nSPS) is 13.9. The van der Waals surface area contributed by atoms with Crippen LogP contribution in [0.4, 0.5) is 0 Å². The Kier molecular flexibility index (Phi) is 4.20. The van der Waals surface area contributed by atoms with Crippen LogP contribution < -0.4 is 15.8 Å². The second-order valence-electron chi connectivity index (χ2n) is 4.87. The fraction of sp³-hybridized carbons (Fsp3) is 0.333. The number of carbonyl (C=O) groups excluding carboxylic acids is 1. The Hall–Kier alpha value is -2.14. The molecule has 0 saturated carbocycles. The first-order valence-corrected chi connectivity index (χ1v) is 6.52. The van der Waals surface area contributed by atoms with Crippen LogP contribution in [0.15, 0.2) is 36.5 Å². The molecule has 0 saturated heterocycles. The lowest BCUT2D eigenvalue weighted by Crippen LogP contribution is -2.52. The topological polar surface area (TPSA) is 77.2 Å². The van der Waals surface area contributed by atoms with Crippen molar-refractivity contribution in [1.29, 1.82) is 0 Å². The quantitative estimate of drug-likeness (QED) is 0.835. The van der Waals surface area contributed by atoms with Gasteiger partial charge in [-0.15, -0.1) is 0 Å². The SMILES string of the molecule is CNC(C)(CCOc1cccc2ncccc12)C(N)=O. The number of ether oxygens (including phenoxy) is 1. The number of rotatable bonds is 6. The summed E-state index contributed by atoms with van der Waals surface area (Å²) in [5.74, 6) is 0.377. The van der Waals surface area contributed by atoms with Gasteiger partial charge in [-0.1, -0.05) is 6.07 Å². The van der Waals surface area contributed by atoms with E-state index in [9.17, 15) is 4.79 Å². The zero-order valence-corrected chi connectivity index (χ0v) is 11.7. The molecule has 20 heavy (non-hydrogen) atoms. The smallest absolute Gasteiger partial charge is 0.237 e. The van der Waals surface area contributed by atoms with E-state index in [0.717, 1.165) is 16.7 Å². The number of fused-ring (bicyclic) bond motifs is 1. The van der Waals surface area contributed by atoms with E-state index >= 15 is 0 Å².